The molecule has 407 valence electrons. The number of unbranched alkanes of at least 4 members (excludes halogenated alkanes) is 1. The number of nitrogens with zero attached hydrogens (tertiary/aromatic N) is 5. The summed E-state index contributed by atoms with van der Waals surface area (Å²) < 4.78 is 85.8. The summed E-state index contributed by atoms with van der Waals surface area (Å²) in [6, 6.07) is 30.1. The monoisotopic (exact) mass is 1290 g/mol. The van der Waals surface area contributed by atoms with Gasteiger partial charge in [0.25, 0.3) is 0 Å². The first-order chi connectivity index (χ1) is 36.5. The van der Waals surface area contributed by atoms with Crippen molar-refractivity contribution in [2.45, 2.75) is 56.5 Å². The van der Waals surface area contributed by atoms with E-state index < -0.39 is 57.0 Å². The Labute approximate surface area is 464 Å². The average Bonchev–Trinajstić information content (AvgIpc) is 3.39. The van der Waals surface area contributed by atoms with Gasteiger partial charge in [-0.1, -0.05) is 64.4 Å². The van der Waals surface area contributed by atoms with E-state index in [0.29, 0.717) is 53.6 Å². The second-order valence-electron chi connectivity index (χ2n) is 16.1. The van der Waals surface area contributed by atoms with Gasteiger partial charge in [-0.25, -0.2) is 13.4 Å². The van der Waals surface area contributed by atoms with E-state index in [0.717, 1.165) is 34.9 Å². The molecular formula is C53H50F4IrN9O7S3-3. The van der Waals surface area contributed by atoms with Crippen LogP contribution in [0.3, 0.4) is 0 Å². The van der Waals surface area contributed by atoms with Crippen LogP contribution in [0, 0.1) is 42.3 Å². The van der Waals surface area contributed by atoms with Crippen LogP contribution in [0.1, 0.15) is 44.1 Å². The van der Waals surface area contributed by atoms with E-state index in [1.54, 1.807) is 90.3 Å². The van der Waals surface area contributed by atoms with Gasteiger partial charge in [0.05, 0.1) is 27.3 Å². The molecule has 1 atom stereocenters. The molecule has 4 amide bonds. The van der Waals surface area contributed by atoms with Gasteiger partial charge in [-0.05, 0) is 102 Å². The summed E-state index contributed by atoms with van der Waals surface area (Å²) in [4.78, 5) is 70.3. The van der Waals surface area contributed by atoms with Crippen LogP contribution in [0.5, 0.6) is 0 Å². The summed E-state index contributed by atoms with van der Waals surface area (Å²) >= 11 is 0. The van der Waals surface area contributed by atoms with E-state index in [2.05, 4.69) is 58.3 Å². The number of amides is 4. The van der Waals surface area contributed by atoms with Crippen molar-refractivity contribution in [1.29, 1.82) is 0 Å². The number of rotatable bonds is 22. The molecule has 24 heteroatoms. The fourth-order valence-corrected chi connectivity index (χ4v) is 8.91. The van der Waals surface area contributed by atoms with Gasteiger partial charge in [0.1, 0.15) is 11.1 Å². The third kappa shape index (κ3) is 23.9. The number of nitrogens with one attached hydrogen (secondary N) is 4. The molecule has 0 fully saturated rings. The summed E-state index contributed by atoms with van der Waals surface area (Å²) in [7, 11) is -1.74. The Morgan fingerprint density at radius 1 is 0.623 bits per heavy atom. The van der Waals surface area contributed by atoms with Crippen LogP contribution in [0.2, 0.25) is 0 Å². The van der Waals surface area contributed by atoms with Crippen molar-refractivity contribution >= 4 is 61.0 Å². The molecule has 0 spiro atoms. The summed E-state index contributed by atoms with van der Waals surface area (Å²) in [5.74, 6) is -5.00. The first-order valence-electron chi connectivity index (χ1n) is 23.3. The Balaban J connectivity index is 0.000000352. The summed E-state index contributed by atoms with van der Waals surface area (Å²) in [5, 5.41) is 11.2. The number of carbonyl (C=O) groups is 4. The minimum Gasteiger partial charge on any atom is -0.748 e. The maximum atomic E-state index is 13.2. The zero-order valence-electron chi connectivity index (χ0n) is 41.0. The predicted molar refractivity (Wildman–Crippen MR) is 280 cm³/mol. The maximum Gasteiger partial charge on any atom is 0.243 e. The van der Waals surface area contributed by atoms with E-state index in [1.165, 1.54) is 10.8 Å². The van der Waals surface area contributed by atoms with Crippen LogP contribution in [0.25, 0.3) is 33.9 Å². The van der Waals surface area contributed by atoms with Gasteiger partial charge in [0.15, 0.2) is 0 Å². The Bertz CT molecular complexity index is 3020. The molecule has 0 bridgehead atoms. The molecule has 0 saturated carbocycles. The number of halogens is 4. The van der Waals surface area contributed by atoms with Crippen molar-refractivity contribution < 1.29 is 69.8 Å². The summed E-state index contributed by atoms with van der Waals surface area (Å²) in [6.07, 6.45) is 9.04. The Morgan fingerprint density at radius 3 is 1.74 bits per heavy atom. The standard InChI is InChI=1S/C31H39N7O7S3.2C11H6F2N.Ir/c1-22-11-15-32-24(19-22)25-20-23(12-16-33-25)37-28(40)8-6-9-29(41)38-26(21-48(43,44)45)31(42)36-14-4-2-7-27(39)34-17-18-46-47-30-10-3-5-13-35-30;2*12-8-4-5-9(10(13)7-8)11-3-1-2-6-14-11;/h3,5,10-13,15-16,19-20,26H,2,4,6-9,14,17-18,21H2,1H3,(H,34,39)(H,36,42)(H,38,41)(H,33,37,40)(H,43,44,45);2*1-4,6-7H;/q;2*-1;/p-1. The quantitative estimate of drug-likeness (QED) is 0.0164. The van der Waals surface area contributed by atoms with Gasteiger partial charge in [-0.3, -0.25) is 46.7 Å². The Kier molecular flexibility index (Phi) is 27.0. The SMILES string of the molecule is Cc1ccnc(-c2cc(NC(=O)CCCC(=O)NC(CS(=O)(=O)[O-])C(=O)NCCCCC(=O)NCCSSc3ccccn3)ccn2)c1.Fc1c[c-]c(-c2ccccn2)c(F)c1.Fc1c[c-]c(-c2ccccn2)c(F)c1.[Ir]. The molecular weight excluding hydrogens is 1240 g/mol. The average molecular weight is 1290 g/mol. The van der Waals surface area contributed by atoms with Crippen LogP contribution >= 0.6 is 21.6 Å². The van der Waals surface area contributed by atoms with E-state index in [9.17, 15) is 49.7 Å². The molecule has 16 nitrogen and oxygen atoms in total. The van der Waals surface area contributed by atoms with Crippen LogP contribution in [-0.4, -0.2) is 92.2 Å². The number of pyridine rings is 5. The van der Waals surface area contributed by atoms with Crippen LogP contribution in [0.15, 0.2) is 139 Å². The van der Waals surface area contributed by atoms with Gasteiger partial charge in [-0.15, -0.1) is 24.3 Å². The zero-order chi connectivity index (χ0) is 54.7. The fourth-order valence-electron chi connectivity index (χ4n) is 6.48. The predicted octanol–water partition coefficient (Wildman–Crippen LogP) is 8.48. The fraction of sp³-hybridized carbons (Fsp3) is 0.226. The molecule has 1 radical (unpaired) electrons. The van der Waals surface area contributed by atoms with E-state index in [1.807, 2.05) is 37.3 Å². The molecule has 0 aliphatic carbocycles. The normalized spacial score (nSPS) is 11.0. The molecule has 5 heterocycles. The second-order valence-corrected chi connectivity index (χ2v) is 20.0. The van der Waals surface area contributed by atoms with Crippen LogP contribution in [-0.2, 0) is 49.4 Å². The largest absolute Gasteiger partial charge is 0.748 e. The van der Waals surface area contributed by atoms with Gasteiger partial charge in [0, 0.05) is 118 Å². The maximum absolute atomic E-state index is 13.2. The number of aryl methyl sites for hydroxylation is 1. The van der Waals surface area contributed by atoms with Gasteiger partial charge in [0.2, 0.25) is 23.6 Å². The van der Waals surface area contributed by atoms with E-state index >= 15 is 0 Å². The first-order valence-corrected chi connectivity index (χ1v) is 27.2. The number of hydrogen-bond acceptors (Lipinski definition) is 14. The van der Waals surface area contributed by atoms with Gasteiger partial charge >= 0.3 is 0 Å². The molecule has 0 saturated heterocycles. The molecule has 0 aliphatic rings. The number of anilines is 1. The third-order valence-electron chi connectivity index (χ3n) is 10.0. The molecule has 0 aliphatic heterocycles. The second kappa shape index (κ2) is 33.3. The van der Waals surface area contributed by atoms with E-state index in [-0.39, 0.29) is 75.3 Å². The van der Waals surface area contributed by atoms with Gasteiger partial charge < -0.3 is 35.8 Å². The summed E-state index contributed by atoms with van der Waals surface area (Å²) in [6.45, 7) is 2.54. The zero-order valence-corrected chi connectivity index (χ0v) is 45.9. The van der Waals surface area contributed by atoms with Crippen molar-refractivity contribution in [2.75, 3.05) is 29.9 Å². The molecule has 7 rings (SSSR count). The minimum atomic E-state index is -4.84. The molecule has 7 aromatic rings. The van der Waals surface area contributed by atoms with Crippen molar-refractivity contribution in [3.8, 4) is 33.9 Å². The first kappa shape index (κ1) is 62.6. The van der Waals surface area contributed by atoms with Crippen LogP contribution in [0.4, 0.5) is 23.2 Å². The minimum absolute atomic E-state index is 0. The van der Waals surface area contributed by atoms with Crippen molar-refractivity contribution in [1.82, 2.24) is 40.9 Å². The van der Waals surface area contributed by atoms with Crippen molar-refractivity contribution in [3.05, 3.63) is 175 Å². The topological polar surface area (TPSA) is 238 Å². The van der Waals surface area contributed by atoms with Crippen LogP contribution < -0.4 is 21.3 Å². The van der Waals surface area contributed by atoms with Gasteiger partial charge in [-0.2, -0.15) is 0 Å². The van der Waals surface area contributed by atoms with Crippen molar-refractivity contribution in [3.63, 3.8) is 0 Å². The Hall–Kier alpha value is -6.95. The Morgan fingerprint density at radius 2 is 1.18 bits per heavy atom. The number of aromatic nitrogens is 5. The number of benzene rings is 2. The third-order valence-corrected chi connectivity index (χ3v) is 13.0. The molecule has 4 N–H and O–H groups in total. The molecule has 77 heavy (non-hydrogen) atoms. The molecule has 1 unspecified atom stereocenters. The number of carbonyl (C=O) groups excluding carboxylic acids is 4. The molecule has 2 aromatic carbocycles. The molecule has 5 aromatic heterocycles. The smallest absolute Gasteiger partial charge is 0.243 e. The summed E-state index contributed by atoms with van der Waals surface area (Å²) in [5.41, 5.74) is 4.02. The van der Waals surface area contributed by atoms with E-state index in [4.69, 9.17) is 0 Å². The van der Waals surface area contributed by atoms with Crippen molar-refractivity contribution in [2.24, 2.45) is 0 Å². The number of hydrogen-bond donors (Lipinski definition) is 4.